The highest BCUT2D eigenvalue weighted by Crippen LogP contribution is 2.57. The van der Waals surface area contributed by atoms with Gasteiger partial charge in [-0.3, -0.25) is 0 Å². The summed E-state index contributed by atoms with van der Waals surface area (Å²) in [6.07, 6.45) is 3.83. The molecule has 1 aromatic rings. The van der Waals surface area contributed by atoms with Crippen LogP contribution in [0.1, 0.15) is 81.1 Å². The zero-order valence-electron chi connectivity index (χ0n) is 27.9. The molecule has 0 fully saturated rings. The largest absolute Gasteiger partial charge is 0.429 e. The van der Waals surface area contributed by atoms with E-state index < -0.39 is 44.1 Å². The van der Waals surface area contributed by atoms with Gasteiger partial charge in [-0.15, -0.1) is 0 Å². The molecule has 0 saturated carbocycles. The maximum atomic E-state index is 11.3. The van der Waals surface area contributed by atoms with Gasteiger partial charge in [0, 0.05) is 5.04 Å². The van der Waals surface area contributed by atoms with Crippen molar-refractivity contribution in [3.63, 3.8) is 0 Å². The third-order valence-corrected chi connectivity index (χ3v) is 23.6. The van der Waals surface area contributed by atoms with Crippen molar-refractivity contribution in [1.29, 1.82) is 0 Å². The fraction of sp³-hybridized carbons (Fsp3) is 0.800. The van der Waals surface area contributed by atoms with Crippen molar-refractivity contribution in [1.82, 2.24) is 0 Å². The van der Waals surface area contributed by atoms with Gasteiger partial charge in [0.1, 0.15) is 0 Å². The molecule has 3 unspecified atom stereocenters. The van der Waals surface area contributed by atoms with E-state index in [1.807, 2.05) is 13.1 Å². The molecule has 0 spiro atoms. The average molecular weight is 599 g/mol. The minimum absolute atomic E-state index is 0.264. The Labute approximate surface area is 240 Å². The predicted octanol–water partition coefficient (Wildman–Crippen LogP) is 8.51. The maximum absolute atomic E-state index is 11.3. The molecule has 1 aromatic carbocycles. The van der Waals surface area contributed by atoms with Gasteiger partial charge in [-0.05, 0) is 105 Å². The van der Waals surface area contributed by atoms with Crippen LogP contribution in [0.25, 0.3) is 0 Å². The zero-order valence-corrected chi connectivity index (χ0v) is 31.9. The fourth-order valence-electron chi connectivity index (χ4n) is 5.93. The first-order valence-corrected chi connectivity index (χ1v) is 26.5. The van der Waals surface area contributed by atoms with Gasteiger partial charge in [-0.2, -0.15) is 0 Å². The molecule has 1 N–H and O–H groups in total. The molecule has 0 amide bonds. The smallest absolute Gasteiger partial charge is 0.230 e. The van der Waals surface area contributed by atoms with E-state index in [9.17, 15) is 4.80 Å². The normalized spacial score (nSPS) is 20.2. The molecule has 8 heteroatoms. The summed E-state index contributed by atoms with van der Waals surface area (Å²) < 4.78 is 21.9. The second kappa shape index (κ2) is 12.0. The molecule has 0 aliphatic heterocycles. The highest BCUT2D eigenvalue weighted by molar-refractivity contribution is 6.89. The molecule has 0 aliphatic carbocycles. The van der Waals surface area contributed by atoms with Gasteiger partial charge in [-0.25, -0.2) is 0 Å². The number of hydrogen-bond acceptors (Lipinski definition) is 4. The summed E-state index contributed by atoms with van der Waals surface area (Å²) >= 11 is 0. The lowest BCUT2D eigenvalue weighted by molar-refractivity contribution is -0.0121. The van der Waals surface area contributed by atoms with Gasteiger partial charge in [0.2, 0.25) is 25.0 Å². The third kappa shape index (κ3) is 7.22. The molecule has 222 valence electrons. The van der Waals surface area contributed by atoms with E-state index in [1.54, 1.807) is 0 Å². The molecule has 0 aromatic heterocycles. The van der Waals surface area contributed by atoms with Crippen LogP contribution in [0.15, 0.2) is 30.3 Å². The van der Waals surface area contributed by atoms with Crippen LogP contribution in [-0.4, -0.2) is 54.1 Å². The summed E-state index contributed by atoms with van der Waals surface area (Å²) in [5.74, 6) is 0. The topological polar surface area (TPSA) is 47.9 Å². The van der Waals surface area contributed by atoms with Crippen molar-refractivity contribution in [2.75, 3.05) is 0 Å². The van der Waals surface area contributed by atoms with Crippen LogP contribution in [0, 0.1) is 0 Å². The Kier molecular flexibility index (Phi) is 11.4. The molecule has 4 atom stereocenters. The zero-order chi connectivity index (χ0) is 30.1. The lowest BCUT2D eigenvalue weighted by Crippen LogP contribution is -2.72. The molecule has 0 radical (unpaired) electrons. The van der Waals surface area contributed by atoms with Crippen molar-refractivity contribution in [2.24, 2.45) is 0 Å². The molecule has 4 nitrogen and oxygen atoms in total. The molecule has 38 heavy (non-hydrogen) atoms. The summed E-state index contributed by atoms with van der Waals surface area (Å²) in [6, 6.07) is 10.8. The van der Waals surface area contributed by atoms with Crippen LogP contribution in [0.5, 0.6) is 0 Å². The lowest BCUT2D eigenvalue weighted by atomic mass is 9.84. The summed E-state index contributed by atoms with van der Waals surface area (Å²) in [5, 5.41) is 0.104. The van der Waals surface area contributed by atoms with Crippen molar-refractivity contribution < 1.29 is 18.1 Å². The van der Waals surface area contributed by atoms with Crippen molar-refractivity contribution in [2.45, 2.75) is 155 Å². The standard InChI is InChI=1S/C30H62O4Si4/c1-17-25-29(7,28(6,18-2)33-37(14,15)30(8,19-3)34-35(9,10)11)38(16,26-23-21-20-22-24-26)32-27(4,5)36(12,13)31/h20-24,31H,17-19,25H2,1-16H3/t28?,29?,30-,38?/m1/s1. The molecular formula is C30H62O4Si4. The molecular weight excluding hydrogens is 537 g/mol. The predicted molar refractivity (Wildman–Crippen MR) is 176 cm³/mol. The Morgan fingerprint density at radius 2 is 1.21 bits per heavy atom. The Balaban J connectivity index is 3.92. The Hall–Kier alpha value is -0.0725. The van der Waals surface area contributed by atoms with E-state index in [4.69, 9.17) is 13.3 Å². The molecule has 0 heterocycles. The minimum Gasteiger partial charge on any atom is -0.429 e. The van der Waals surface area contributed by atoms with Crippen LogP contribution in [-0.2, 0) is 13.3 Å². The SMILES string of the molecule is CCCC(C)(C(C)(CC)O[Si](C)(C)[C@](C)(CC)O[Si](C)(C)C)[Si](C)(OC(C)(C)[Si](C)(C)O)c1ccccc1. The van der Waals surface area contributed by atoms with Crippen LogP contribution in [0.2, 0.25) is 57.4 Å². The van der Waals surface area contributed by atoms with Crippen molar-refractivity contribution in [3.8, 4) is 0 Å². The summed E-state index contributed by atoms with van der Waals surface area (Å²) in [6.45, 7) is 36.0. The first kappa shape index (κ1) is 36.0. The van der Waals surface area contributed by atoms with E-state index in [2.05, 4.69) is 125 Å². The van der Waals surface area contributed by atoms with Crippen LogP contribution in [0.4, 0.5) is 0 Å². The molecule has 0 bridgehead atoms. The van der Waals surface area contributed by atoms with Gasteiger partial charge in [0.05, 0.1) is 16.0 Å². The minimum atomic E-state index is -2.78. The van der Waals surface area contributed by atoms with Gasteiger partial charge < -0.3 is 18.1 Å². The summed E-state index contributed by atoms with van der Waals surface area (Å²) in [7, 11) is -9.62. The quantitative estimate of drug-likeness (QED) is 0.206. The average Bonchev–Trinajstić information content (AvgIpc) is 2.76. The fourth-order valence-corrected chi connectivity index (χ4v) is 18.4. The van der Waals surface area contributed by atoms with Crippen LogP contribution in [0.3, 0.4) is 0 Å². The number of hydrogen-bond donors (Lipinski definition) is 1. The highest BCUT2D eigenvalue weighted by atomic mass is 28.4. The molecule has 0 saturated heterocycles. The van der Waals surface area contributed by atoms with E-state index >= 15 is 0 Å². The van der Waals surface area contributed by atoms with E-state index in [1.165, 1.54) is 5.19 Å². The Morgan fingerprint density at radius 1 is 0.711 bits per heavy atom. The van der Waals surface area contributed by atoms with E-state index in [0.29, 0.717) is 0 Å². The first-order valence-electron chi connectivity index (χ1n) is 14.8. The van der Waals surface area contributed by atoms with E-state index in [0.717, 1.165) is 25.7 Å². The van der Waals surface area contributed by atoms with Crippen molar-refractivity contribution >= 4 is 38.5 Å². The van der Waals surface area contributed by atoms with Crippen molar-refractivity contribution in [3.05, 3.63) is 30.3 Å². The monoisotopic (exact) mass is 598 g/mol. The van der Waals surface area contributed by atoms with Gasteiger partial charge in [0.15, 0.2) is 8.32 Å². The Morgan fingerprint density at radius 3 is 1.58 bits per heavy atom. The number of rotatable bonds is 15. The van der Waals surface area contributed by atoms with Gasteiger partial charge in [-0.1, -0.05) is 64.4 Å². The number of benzene rings is 1. The third-order valence-electron chi connectivity index (χ3n) is 9.86. The Bertz CT molecular complexity index is 896. The van der Waals surface area contributed by atoms with Gasteiger partial charge >= 0.3 is 0 Å². The van der Waals surface area contributed by atoms with Crippen LogP contribution < -0.4 is 5.19 Å². The second-order valence-corrected chi connectivity index (χ2v) is 31.6. The van der Waals surface area contributed by atoms with Crippen LogP contribution >= 0.6 is 0 Å². The first-order chi connectivity index (χ1) is 16.9. The maximum Gasteiger partial charge on any atom is 0.230 e. The lowest BCUT2D eigenvalue weighted by Gasteiger charge is -2.60. The highest BCUT2D eigenvalue weighted by Gasteiger charge is 2.64. The van der Waals surface area contributed by atoms with Gasteiger partial charge in [0.25, 0.3) is 0 Å². The summed E-state index contributed by atoms with van der Waals surface area (Å²) in [5.41, 5.74) is -0.438. The second-order valence-electron chi connectivity index (χ2n) is 14.6. The van der Waals surface area contributed by atoms with E-state index in [-0.39, 0.29) is 10.3 Å². The molecule has 0 aliphatic rings. The summed E-state index contributed by atoms with van der Waals surface area (Å²) in [4.78, 5) is 11.3. The molecule has 1 rings (SSSR count).